The zero-order valence-electron chi connectivity index (χ0n) is 9.22. The van der Waals surface area contributed by atoms with Gasteiger partial charge < -0.3 is 9.47 Å². The Kier molecular flexibility index (Phi) is 9.28. The Bertz CT molecular complexity index is 259. The van der Waals surface area contributed by atoms with Gasteiger partial charge in [-0.2, -0.15) is 0 Å². The molecule has 0 atom stereocenters. The lowest BCUT2D eigenvalue weighted by atomic mass is 10.5. The quantitative estimate of drug-likeness (QED) is 0.354. The highest BCUT2D eigenvalue weighted by Crippen LogP contribution is 2.22. The summed E-state index contributed by atoms with van der Waals surface area (Å²) in [5.41, 5.74) is 0. The van der Waals surface area contributed by atoms with Crippen molar-refractivity contribution in [2.45, 2.75) is 26.7 Å². The Balaban J connectivity index is 4.43. The van der Waals surface area contributed by atoms with E-state index in [0.29, 0.717) is 13.2 Å². The molecule has 0 saturated carbocycles. The average Bonchev–Trinajstić information content (AvgIpc) is 2.30. The van der Waals surface area contributed by atoms with Crippen LogP contribution in [0.15, 0.2) is 7.16 Å². The standard InChI is InChI=1S/C10H14I2O4/c1-3-5-15-9(13)7(11)8(12)10(14)16-6-4-2/h3-6H2,1-2H3/b8-7-. The molecular formula is C10H14I2O4. The van der Waals surface area contributed by atoms with Gasteiger partial charge in [-0.1, -0.05) is 13.8 Å². The highest BCUT2D eigenvalue weighted by atomic mass is 127. The van der Waals surface area contributed by atoms with E-state index in [9.17, 15) is 9.59 Å². The third-order valence-electron chi connectivity index (χ3n) is 1.43. The maximum atomic E-state index is 11.4. The van der Waals surface area contributed by atoms with Crippen LogP contribution in [0, 0.1) is 0 Å². The fourth-order valence-electron chi connectivity index (χ4n) is 0.695. The van der Waals surface area contributed by atoms with Crippen LogP contribution < -0.4 is 0 Å². The van der Waals surface area contributed by atoms with E-state index in [0.717, 1.165) is 12.8 Å². The first kappa shape index (κ1) is 16.1. The molecular weight excluding hydrogens is 438 g/mol. The Morgan fingerprint density at radius 3 is 1.44 bits per heavy atom. The van der Waals surface area contributed by atoms with Crippen LogP contribution in [0.25, 0.3) is 0 Å². The topological polar surface area (TPSA) is 52.6 Å². The molecule has 4 nitrogen and oxygen atoms in total. The molecule has 0 unspecified atom stereocenters. The molecule has 6 heteroatoms. The Labute approximate surface area is 122 Å². The minimum absolute atomic E-state index is 0.271. The van der Waals surface area contributed by atoms with Crippen LogP contribution in [0.3, 0.4) is 0 Å². The number of esters is 2. The molecule has 0 bridgehead atoms. The van der Waals surface area contributed by atoms with Gasteiger partial charge in [-0.15, -0.1) is 0 Å². The van der Waals surface area contributed by atoms with Gasteiger partial charge in [0, 0.05) is 0 Å². The predicted octanol–water partition coefficient (Wildman–Crippen LogP) is 2.97. The highest BCUT2D eigenvalue weighted by molar-refractivity contribution is 14.1. The number of hydrogen-bond acceptors (Lipinski definition) is 4. The lowest BCUT2D eigenvalue weighted by molar-refractivity contribution is -0.140. The number of halogens is 2. The predicted molar refractivity (Wildman–Crippen MR) is 77.6 cm³/mol. The van der Waals surface area contributed by atoms with Crippen molar-refractivity contribution in [3.05, 3.63) is 7.16 Å². The number of rotatable bonds is 6. The molecule has 0 aromatic rings. The van der Waals surface area contributed by atoms with Crippen molar-refractivity contribution in [1.82, 2.24) is 0 Å². The van der Waals surface area contributed by atoms with Gasteiger partial charge in [0.05, 0.1) is 13.2 Å². The third-order valence-corrected chi connectivity index (χ3v) is 4.42. The maximum absolute atomic E-state index is 11.4. The van der Waals surface area contributed by atoms with Crippen LogP contribution in [0.1, 0.15) is 26.7 Å². The van der Waals surface area contributed by atoms with Crippen LogP contribution in [0.2, 0.25) is 0 Å². The van der Waals surface area contributed by atoms with E-state index < -0.39 is 11.9 Å². The Morgan fingerprint density at radius 2 is 1.19 bits per heavy atom. The molecule has 0 amide bonds. The fourth-order valence-corrected chi connectivity index (χ4v) is 1.45. The van der Waals surface area contributed by atoms with Crippen molar-refractivity contribution < 1.29 is 19.1 Å². The maximum Gasteiger partial charge on any atom is 0.345 e. The molecule has 0 aromatic heterocycles. The minimum atomic E-state index is -0.472. The van der Waals surface area contributed by atoms with Gasteiger partial charge in [-0.3, -0.25) is 0 Å². The van der Waals surface area contributed by atoms with E-state index in [4.69, 9.17) is 9.47 Å². The van der Waals surface area contributed by atoms with Crippen molar-refractivity contribution >= 4 is 57.1 Å². The summed E-state index contributed by atoms with van der Waals surface area (Å²) in [6, 6.07) is 0. The van der Waals surface area contributed by atoms with Gasteiger partial charge in [0.1, 0.15) is 7.16 Å². The van der Waals surface area contributed by atoms with E-state index in [1.165, 1.54) is 0 Å². The van der Waals surface area contributed by atoms with E-state index in [2.05, 4.69) is 0 Å². The summed E-state index contributed by atoms with van der Waals surface area (Å²) in [5.74, 6) is -0.944. The molecule has 0 saturated heterocycles. The molecule has 16 heavy (non-hydrogen) atoms. The second-order valence-corrected chi connectivity index (χ2v) is 5.06. The number of hydrogen-bond donors (Lipinski definition) is 0. The molecule has 0 N–H and O–H groups in total. The van der Waals surface area contributed by atoms with Gasteiger partial charge in [0.25, 0.3) is 0 Å². The van der Waals surface area contributed by atoms with E-state index in [1.807, 2.05) is 13.8 Å². The zero-order chi connectivity index (χ0) is 12.6. The van der Waals surface area contributed by atoms with Gasteiger partial charge in [-0.05, 0) is 58.0 Å². The monoisotopic (exact) mass is 452 g/mol. The Hall–Kier alpha value is 0.140. The molecule has 0 aromatic carbocycles. The van der Waals surface area contributed by atoms with Gasteiger partial charge in [0.15, 0.2) is 0 Å². The van der Waals surface area contributed by atoms with Crippen LogP contribution in [-0.2, 0) is 19.1 Å². The summed E-state index contributed by atoms with van der Waals surface area (Å²) in [5, 5.41) is 0. The third kappa shape index (κ3) is 6.02. The van der Waals surface area contributed by atoms with Crippen LogP contribution in [0.5, 0.6) is 0 Å². The first-order chi connectivity index (χ1) is 7.54. The first-order valence-electron chi connectivity index (χ1n) is 4.94. The molecule has 0 rings (SSSR count). The fraction of sp³-hybridized carbons (Fsp3) is 0.600. The van der Waals surface area contributed by atoms with E-state index >= 15 is 0 Å². The molecule has 92 valence electrons. The zero-order valence-corrected chi connectivity index (χ0v) is 13.5. The number of ether oxygens (including phenoxy) is 2. The average molecular weight is 452 g/mol. The van der Waals surface area contributed by atoms with Crippen molar-refractivity contribution in [1.29, 1.82) is 0 Å². The van der Waals surface area contributed by atoms with Gasteiger partial charge in [0.2, 0.25) is 0 Å². The lowest BCUT2D eigenvalue weighted by Crippen LogP contribution is -2.11. The summed E-state index contributed by atoms with van der Waals surface area (Å²) in [6.07, 6.45) is 1.51. The molecule has 0 aliphatic carbocycles. The van der Waals surface area contributed by atoms with E-state index in [1.54, 1.807) is 45.2 Å². The number of carbonyl (C=O) groups is 2. The SMILES string of the molecule is CCCOC(=O)/C(I)=C(/I)C(=O)OCCC. The summed E-state index contributed by atoms with van der Waals surface area (Å²) in [6.45, 7) is 4.53. The lowest BCUT2D eigenvalue weighted by Gasteiger charge is -2.05. The summed E-state index contributed by atoms with van der Waals surface area (Å²) in [7, 11) is 0. The number of carbonyl (C=O) groups excluding carboxylic acids is 2. The second kappa shape index (κ2) is 9.20. The Morgan fingerprint density at radius 1 is 0.875 bits per heavy atom. The normalized spacial score (nSPS) is 11.8. The van der Waals surface area contributed by atoms with Crippen molar-refractivity contribution in [2.24, 2.45) is 0 Å². The largest absolute Gasteiger partial charge is 0.462 e. The van der Waals surface area contributed by atoms with Gasteiger partial charge in [-0.25, -0.2) is 9.59 Å². The molecule has 0 aliphatic heterocycles. The molecule has 0 heterocycles. The minimum Gasteiger partial charge on any atom is -0.462 e. The van der Waals surface area contributed by atoms with Crippen molar-refractivity contribution in [3.8, 4) is 0 Å². The van der Waals surface area contributed by atoms with Crippen LogP contribution in [-0.4, -0.2) is 25.2 Å². The van der Waals surface area contributed by atoms with E-state index in [-0.39, 0.29) is 7.16 Å². The van der Waals surface area contributed by atoms with Crippen LogP contribution >= 0.6 is 45.2 Å². The first-order valence-corrected chi connectivity index (χ1v) is 7.09. The van der Waals surface area contributed by atoms with Crippen molar-refractivity contribution in [2.75, 3.05) is 13.2 Å². The summed E-state index contributed by atoms with van der Waals surface area (Å²) >= 11 is 3.59. The summed E-state index contributed by atoms with van der Waals surface area (Å²) in [4.78, 5) is 22.8. The molecule has 0 aliphatic rings. The molecule has 0 radical (unpaired) electrons. The highest BCUT2D eigenvalue weighted by Gasteiger charge is 2.18. The van der Waals surface area contributed by atoms with Crippen LogP contribution in [0.4, 0.5) is 0 Å². The van der Waals surface area contributed by atoms with Crippen molar-refractivity contribution in [3.63, 3.8) is 0 Å². The molecule has 0 fully saturated rings. The second-order valence-electron chi connectivity index (χ2n) is 2.90. The summed E-state index contributed by atoms with van der Waals surface area (Å²) < 4.78 is 10.4. The smallest absolute Gasteiger partial charge is 0.345 e. The van der Waals surface area contributed by atoms with Gasteiger partial charge >= 0.3 is 11.9 Å². The molecule has 0 spiro atoms.